The normalized spacial score (nSPS) is 13.4. The molecule has 0 saturated heterocycles. The van der Waals surface area contributed by atoms with E-state index in [1.807, 2.05) is 0 Å². The molecule has 30 heavy (non-hydrogen) atoms. The van der Waals surface area contributed by atoms with Gasteiger partial charge in [0.15, 0.2) is 0 Å². The fraction of sp³-hybridized carbons (Fsp3) is 0.0526. The average Bonchev–Trinajstić information content (AvgIpc) is 3.34. The first kappa shape index (κ1) is 19.9. The molecule has 3 aromatic rings. The van der Waals surface area contributed by atoms with Gasteiger partial charge in [-0.15, -0.1) is 11.3 Å². The van der Waals surface area contributed by atoms with Crippen LogP contribution >= 0.6 is 11.3 Å². The predicted molar refractivity (Wildman–Crippen MR) is 105 cm³/mol. The van der Waals surface area contributed by atoms with Crippen molar-refractivity contribution < 1.29 is 27.6 Å². The van der Waals surface area contributed by atoms with E-state index in [-0.39, 0.29) is 27.4 Å². The number of thiophene rings is 1. The van der Waals surface area contributed by atoms with Crippen molar-refractivity contribution in [2.75, 3.05) is 0 Å². The molecule has 2 aromatic heterocycles. The van der Waals surface area contributed by atoms with Gasteiger partial charge in [0.2, 0.25) is 10.0 Å². The van der Waals surface area contributed by atoms with Gasteiger partial charge in [0.05, 0.1) is 11.1 Å². The Morgan fingerprint density at radius 2 is 1.67 bits per heavy atom. The molecule has 4 rings (SSSR count). The van der Waals surface area contributed by atoms with Crippen LogP contribution in [0.3, 0.4) is 0 Å². The Morgan fingerprint density at radius 1 is 1.03 bits per heavy atom. The minimum absolute atomic E-state index is 0.00636. The molecule has 0 radical (unpaired) electrons. The molecule has 0 atom stereocenters. The maximum absolute atomic E-state index is 12.7. The number of hydrogen-bond donors (Lipinski definition) is 1. The number of amides is 2. The largest absolute Gasteiger partial charge is 0.375 e. The predicted octanol–water partition coefficient (Wildman–Crippen LogP) is 1.99. The van der Waals surface area contributed by atoms with Crippen LogP contribution in [0.5, 0.6) is 0 Å². The zero-order valence-electron chi connectivity index (χ0n) is 15.1. The zero-order valence-corrected chi connectivity index (χ0v) is 16.8. The van der Waals surface area contributed by atoms with Crippen LogP contribution in [0.4, 0.5) is 0 Å². The second-order valence-corrected chi connectivity index (χ2v) is 8.77. The lowest BCUT2D eigenvalue weighted by Gasteiger charge is -2.13. The molecular weight excluding hydrogens is 430 g/mol. The molecule has 2 amide bonds. The standard InChI is InChI=1S/C19H13N3O6S2/c23-17-13-3-1-2-4-14(13)18(24)22(17)28-19(25)16-15(7-10-29-16)30(26,27)21-11-12-5-8-20-9-6-12/h1-10,21H,11H2. The SMILES string of the molecule is O=C(ON1C(=O)c2ccccc2C1=O)c1sccc1S(=O)(=O)NCc1ccncc1. The maximum atomic E-state index is 12.7. The number of hydroxylamine groups is 2. The number of nitrogens with one attached hydrogen (secondary N) is 1. The van der Waals surface area contributed by atoms with Crippen molar-refractivity contribution in [3.63, 3.8) is 0 Å². The molecule has 1 aliphatic heterocycles. The third-order valence-electron chi connectivity index (χ3n) is 4.25. The fourth-order valence-electron chi connectivity index (χ4n) is 2.79. The number of carbonyl (C=O) groups excluding carboxylic acids is 3. The number of benzene rings is 1. The van der Waals surface area contributed by atoms with Crippen LogP contribution < -0.4 is 4.72 Å². The van der Waals surface area contributed by atoms with Crippen molar-refractivity contribution >= 4 is 39.1 Å². The summed E-state index contributed by atoms with van der Waals surface area (Å²) in [4.78, 5) is 45.6. The summed E-state index contributed by atoms with van der Waals surface area (Å²) in [7, 11) is -4.05. The van der Waals surface area contributed by atoms with Crippen molar-refractivity contribution in [1.82, 2.24) is 14.8 Å². The van der Waals surface area contributed by atoms with Crippen molar-refractivity contribution in [1.29, 1.82) is 0 Å². The third kappa shape index (κ3) is 3.61. The highest BCUT2D eigenvalue weighted by Gasteiger charge is 2.39. The fourth-order valence-corrected chi connectivity index (χ4v) is 5.09. The molecule has 0 aliphatic carbocycles. The zero-order chi connectivity index (χ0) is 21.3. The van der Waals surface area contributed by atoms with Gasteiger partial charge in [-0.25, -0.2) is 17.9 Å². The Bertz CT molecular complexity index is 1220. The van der Waals surface area contributed by atoms with Crippen LogP contribution in [-0.4, -0.2) is 36.2 Å². The first-order chi connectivity index (χ1) is 14.4. The van der Waals surface area contributed by atoms with Gasteiger partial charge in [-0.05, 0) is 41.3 Å². The van der Waals surface area contributed by atoms with Gasteiger partial charge >= 0.3 is 5.97 Å². The van der Waals surface area contributed by atoms with E-state index in [0.717, 1.165) is 11.3 Å². The molecular formula is C19H13N3O6S2. The lowest BCUT2D eigenvalue weighted by Crippen LogP contribution is -2.33. The summed E-state index contributed by atoms with van der Waals surface area (Å²) >= 11 is 0.823. The maximum Gasteiger partial charge on any atom is 0.375 e. The van der Waals surface area contributed by atoms with Gasteiger partial charge in [-0.2, -0.15) is 0 Å². The minimum atomic E-state index is -4.05. The highest BCUT2D eigenvalue weighted by atomic mass is 32.2. The molecule has 0 bridgehead atoms. The molecule has 152 valence electrons. The molecule has 0 saturated carbocycles. The van der Waals surface area contributed by atoms with Crippen LogP contribution in [0.25, 0.3) is 0 Å². The smallest absolute Gasteiger partial charge is 0.323 e. The summed E-state index contributed by atoms with van der Waals surface area (Å²) in [5.74, 6) is -2.70. The number of carbonyl (C=O) groups is 3. The molecule has 1 aliphatic rings. The number of hydrogen-bond acceptors (Lipinski definition) is 8. The van der Waals surface area contributed by atoms with Crippen LogP contribution in [0.1, 0.15) is 36.0 Å². The van der Waals surface area contributed by atoms with E-state index < -0.39 is 27.8 Å². The van der Waals surface area contributed by atoms with E-state index in [1.165, 1.54) is 36.0 Å². The highest BCUT2D eigenvalue weighted by Crippen LogP contribution is 2.27. The Morgan fingerprint density at radius 3 is 2.30 bits per heavy atom. The van der Waals surface area contributed by atoms with E-state index in [4.69, 9.17) is 4.84 Å². The highest BCUT2D eigenvalue weighted by molar-refractivity contribution is 7.89. The molecule has 11 heteroatoms. The molecule has 0 spiro atoms. The van der Waals surface area contributed by atoms with E-state index in [9.17, 15) is 22.8 Å². The van der Waals surface area contributed by atoms with Crippen molar-refractivity contribution in [3.05, 3.63) is 81.8 Å². The lowest BCUT2D eigenvalue weighted by molar-refractivity contribution is -0.0583. The van der Waals surface area contributed by atoms with Gasteiger partial charge in [-0.3, -0.25) is 14.6 Å². The average molecular weight is 443 g/mol. The second kappa shape index (κ2) is 7.78. The van der Waals surface area contributed by atoms with E-state index in [1.54, 1.807) is 24.3 Å². The van der Waals surface area contributed by atoms with Gasteiger partial charge in [0.1, 0.15) is 9.77 Å². The summed E-state index contributed by atoms with van der Waals surface area (Å²) in [6.45, 7) is -0.00636. The summed E-state index contributed by atoms with van der Waals surface area (Å²) in [6, 6.07) is 10.6. The quantitative estimate of drug-likeness (QED) is 0.578. The molecule has 0 unspecified atom stereocenters. The number of aromatic nitrogens is 1. The van der Waals surface area contributed by atoms with Gasteiger partial charge in [-0.1, -0.05) is 17.2 Å². The van der Waals surface area contributed by atoms with Gasteiger partial charge in [0, 0.05) is 18.9 Å². The van der Waals surface area contributed by atoms with E-state index in [2.05, 4.69) is 9.71 Å². The monoisotopic (exact) mass is 443 g/mol. The van der Waals surface area contributed by atoms with Crippen LogP contribution in [-0.2, 0) is 21.4 Å². The topological polar surface area (TPSA) is 123 Å². The number of sulfonamides is 1. The molecule has 1 N–H and O–H groups in total. The first-order valence-electron chi connectivity index (χ1n) is 8.54. The Kier molecular flexibility index (Phi) is 5.16. The van der Waals surface area contributed by atoms with Crippen LogP contribution in [0.2, 0.25) is 0 Å². The summed E-state index contributed by atoms with van der Waals surface area (Å²) in [5.41, 5.74) is 0.889. The van der Waals surface area contributed by atoms with Crippen LogP contribution in [0.15, 0.2) is 65.1 Å². The second-order valence-electron chi connectivity index (χ2n) is 6.12. The number of fused-ring (bicyclic) bond motifs is 1. The summed E-state index contributed by atoms with van der Waals surface area (Å²) < 4.78 is 27.7. The number of nitrogens with zero attached hydrogens (tertiary/aromatic N) is 2. The van der Waals surface area contributed by atoms with Crippen molar-refractivity contribution in [3.8, 4) is 0 Å². The van der Waals surface area contributed by atoms with Crippen molar-refractivity contribution in [2.24, 2.45) is 0 Å². The van der Waals surface area contributed by atoms with Gasteiger partial charge < -0.3 is 4.84 Å². The molecule has 0 fully saturated rings. The lowest BCUT2D eigenvalue weighted by atomic mass is 10.1. The number of rotatable bonds is 6. The Labute approximate surface area is 174 Å². The molecule has 3 heterocycles. The van der Waals surface area contributed by atoms with Crippen molar-refractivity contribution in [2.45, 2.75) is 11.4 Å². The first-order valence-corrected chi connectivity index (χ1v) is 10.9. The third-order valence-corrected chi connectivity index (χ3v) is 6.72. The van der Waals surface area contributed by atoms with E-state index in [0.29, 0.717) is 10.6 Å². The Hall–Kier alpha value is -3.41. The van der Waals surface area contributed by atoms with Crippen LogP contribution in [0, 0.1) is 0 Å². The number of pyridine rings is 1. The number of imide groups is 1. The molecule has 9 nitrogen and oxygen atoms in total. The minimum Gasteiger partial charge on any atom is -0.323 e. The Balaban J connectivity index is 1.52. The van der Waals surface area contributed by atoms with E-state index >= 15 is 0 Å². The van der Waals surface area contributed by atoms with Gasteiger partial charge in [0.25, 0.3) is 11.8 Å². The molecule has 1 aromatic carbocycles. The summed E-state index contributed by atoms with van der Waals surface area (Å²) in [5, 5.41) is 1.74. The summed E-state index contributed by atoms with van der Waals surface area (Å²) in [6.07, 6.45) is 3.05.